The number of benzene rings is 4. The second-order valence-electron chi connectivity index (χ2n) is 13.6. The zero-order chi connectivity index (χ0) is 28.4. The molecule has 4 aromatic rings. The second kappa shape index (κ2) is 7.99. The molecule has 0 aromatic heterocycles. The van der Waals surface area contributed by atoms with Crippen LogP contribution in [0.2, 0.25) is 0 Å². The zero-order valence-corrected chi connectivity index (χ0v) is 24.8. The lowest BCUT2D eigenvalue weighted by molar-refractivity contribution is 0.383. The quantitative estimate of drug-likeness (QED) is 0.259. The van der Waals surface area contributed by atoms with E-state index < -0.39 is 12.4 Å². The van der Waals surface area contributed by atoms with Crippen LogP contribution < -0.4 is 0 Å². The molecule has 0 fully saturated rings. The number of hydrogen-bond donors (Lipinski definition) is 2. The second-order valence-corrected chi connectivity index (χ2v) is 13.6. The molecule has 0 spiro atoms. The van der Waals surface area contributed by atoms with Crippen molar-refractivity contribution in [1.82, 2.24) is 0 Å². The van der Waals surface area contributed by atoms with Gasteiger partial charge in [0, 0.05) is 16.2 Å². The Kier molecular flexibility index (Phi) is 5.16. The van der Waals surface area contributed by atoms with E-state index in [1.54, 1.807) is 0 Å². The highest BCUT2D eigenvalue weighted by molar-refractivity contribution is 6.49. The van der Waals surface area contributed by atoms with Crippen LogP contribution in [0.1, 0.15) is 106 Å². The van der Waals surface area contributed by atoms with Crippen LogP contribution in [0.5, 0.6) is 0 Å². The van der Waals surface area contributed by atoms with E-state index in [0.29, 0.717) is 0 Å². The molecule has 40 heavy (non-hydrogen) atoms. The van der Waals surface area contributed by atoms with Crippen molar-refractivity contribution in [2.75, 3.05) is 0 Å². The minimum absolute atomic E-state index is 0.0173. The molecule has 0 radical (unpaired) electrons. The van der Waals surface area contributed by atoms with Crippen molar-refractivity contribution in [3.05, 3.63) is 117 Å². The van der Waals surface area contributed by atoms with E-state index in [1.165, 1.54) is 55.6 Å². The Balaban J connectivity index is 1.35. The van der Waals surface area contributed by atoms with Gasteiger partial charge in [0.1, 0.15) is 0 Å². The Bertz CT molecular complexity index is 1720. The van der Waals surface area contributed by atoms with Crippen molar-refractivity contribution < 1.29 is 10.0 Å². The first-order valence-corrected chi connectivity index (χ1v) is 14.9. The minimum Gasteiger partial charge on any atom is -0.426 e. The van der Waals surface area contributed by atoms with Crippen LogP contribution in [0.3, 0.4) is 0 Å². The summed E-state index contributed by atoms with van der Waals surface area (Å²) >= 11 is 0. The highest BCUT2D eigenvalue weighted by atomic mass is 16.4. The highest BCUT2D eigenvalue weighted by Gasteiger charge is 2.56. The van der Waals surface area contributed by atoms with Gasteiger partial charge in [0.25, 0.3) is 0 Å². The van der Waals surface area contributed by atoms with Crippen molar-refractivity contribution in [3.8, 4) is 22.3 Å². The summed E-state index contributed by atoms with van der Waals surface area (Å²) in [6.45, 7) is 16.0. The van der Waals surface area contributed by atoms with Gasteiger partial charge in [-0.2, -0.15) is 0 Å². The molecule has 3 aliphatic rings. The molecule has 0 aliphatic heterocycles. The third-order valence-corrected chi connectivity index (χ3v) is 11.3. The Morgan fingerprint density at radius 1 is 0.550 bits per heavy atom. The third kappa shape index (κ3) is 2.98. The standard InChI is InChI=1S/C37H39BO2/c1-8-37(9-2,22-14-16-25-24-12-10-11-13-28(24)34(3,4)29(25)18-22)23-15-17-26-27-20-32-33(36(32,7)38(39)40)21-31(27)35(5,6)30(26)19-23/h10-21,39-40H,8-9H2,1-7H3. The normalized spacial score (nSPS) is 20.3. The van der Waals surface area contributed by atoms with E-state index in [1.807, 2.05) is 6.92 Å². The van der Waals surface area contributed by atoms with E-state index in [9.17, 15) is 10.0 Å². The molecule has 0 heterocycles. The summed E-state index contributed by atoms with van der Waals surface area (Å²) in [7, 11) is -1.37. The molecule has 1 atom stereocenters. The first-order chi connectivity index (χ1) is 18.9. The Morgan fingerprint density at radius 2 is 1.02 bits per heavy atom. The lowest BCUT2D eigenvalue weighted by atomic mass is 9.67. The fraction of sp³-hybridized carbons (Fsp3) is 0.351. The van der Waals surface area contributed by atoms with Crippen LogP contribution in [-0.4, -0.2) is 17.2 Å². The fourth-order valence-electron chi connectivity index (χ4n) is 8.33. The van der Waals surface area contributed by atoms with E-state index in [-0.39, 0.29) is 16.2 Å². The average Bonchev–Trinajstić information content (AvgIpc) is 3.40. The van der Waals surface area contributed by atoms with Crippen LogP contribution in [0.25, 0.3) is 22.3 Å². The molecule has 1 unspecified atom stereocenters. The molecular weight excluding hydrogens is 487 g/mol. The monoisotopic (exact) mass is 526 g/mol. The summed E-state index contributed by atoms with van der Waals surface area (Å²) < 4.78 is 0. The van der Waals surface area contributed by atoms with E-state index >= 15 is 0 Å². The molecule has 0 amide bonds. The molecule has 0 saturated carbocycles. The largest absolute Gasteiger partial charge is 0.467 e. The van der Waals surface area contributed by atoms with Gasteiger partial charge in [-0.25, -0.2) is 0 Å². The average molecular weight is 527 g/mol. The van der Waals surface area contributed by atoms with Gasteiger partial charge in [-0.3, -0.25) is 0 Å². The van der Waals surface area contributed by atoms with Crippen LogP contribution in [0, 0.1) is 0 Å². The number of hydrogen-bond acceptors (Lipinski definition) is 2. The molecule has 2 N–H and O–H groups in total. The van der Waals surface area contributed by atoms with Crippen LogP contribution in [0.4, 0.5) is 0 Å². The predicted octanol–water partition coefficient (Wildman–Crippen LogP) is 8.04. The van der Waals surface area contributed by atoms with Crippen LogP contribution in [0.15, 0.2) is 72.8 Å². The molecule has 3 heteroatoms. The lowest BCUT2D eigenvalue weighted by Crippen LogP contribution is -2.29. The zero-order valence-electron chi connectivity index (χ0n) is 24.8. The fourth-order valence-corrected chi connectivity index (χ4v) is 8.33. The van der Waals surface area contributed by atoms with E-state index in [4.69, 9.17) is 0 Å². The highest BCUT2D eigenvalue weighted by Crippen LogP contribution is 2.59. The number of rotatable bonds is 5. The smallest absolute Gasteiger partial charge is 0.426 e. The Morgan fingerprint density at radius 3 is 1.60 bits per heavy atom. The van der Waals surface area contributed by atoms with Crippen molar-refractivity contribution >= 4 is 7.12 Å². The Labute approximate surface area is 239 Å². The van der Waals surface area contributed by atoms with Crippen molar-refractivity contribution in [2.24, 2.45) is 0 Å². The van der Waals surface area contributed by atoms with Crippen LogP contribution >= 0.6 is 0 Å². The molecule has 4 aromatic carbocycles. The van der Waals surface area contributed by atoms with Gasteiger partial charge >= 0.3 is 7.12 Å². The molecule has 202 valence electrons. The molecule has 0 bridgehead atoms. The van der Waals surface area contributed by atoms with Gasteiger partial charge in [0.15, 0.2) is 0 Å². The van der Waals surface area contributed by atoms with Crippen molar-refractivity contribution in [3.63, 3.8) is 0 Å². The number of fused-ring (bicyclic) bond motifs is 7. The summed E-state index contributed by atoms with van der Waals surface area (Å²) in [5.74, 6) is 0. The molecule has 7 rings (SSSR count). The van der Waals surface area contributed by atoms with Crippen molar-refractivity contribution in [1.29, 1.82) is 0 Å². The molecule has 3 aliphatic carbocycles. The van der Waals surface area contributed by atoms with Gasteiger partial charge < -0.3 is 10.0 Å². The van der Waals surface area contributed by atoms with E-state index in [2.05, 4.69) is 114 Å². The molecule has 2 nitrogen and oxygen atoms in total. The van der Waals surface area contributed by atoms with Gasteiger partial charge in [-0.1, -0.05) is 121 Å². The summed E-state index contributed by atoms with van der Waals surface area (Å²) in [4.78, 5) is 0. The van der Waals surface area contributed by atoms with Gasteiger partial charge in [0.2, 0.25) is 0 Å². The predicted molar refractivity (Wildman–Crippen MR) is 166 cm³/mol. The maximum Gasteiger partial charge on any atom is 0.467 e. The van der Waals surface area contributed by atoms with Gasteiger partial charge in [0.05, 0.1) is 5.31 Å². The lowest BCUT2D eigenvalue weighted by Gasteiger charge is -2.35. The Hall–Kier alpha value is -3.14. The topological polar surface area (TPSA) is 40.5 Å². The molecular formula is C37H39BO2. The summed E-state index contributed by atoms with van der Waals surface area (Å²) in [5.41, 5.74) is 15.4. The minimum atomic E-state index is -1.37. The summed E-state index contributed by atoms with van der Waals surface area (Å²) in [6, 6.07) is 27.7. The first kappa shape index (κ1) is 25.8. The maximum atomic E-state index is 10.1. The molecule has 0 saturated heterocycles. The maximum absolute atomic E-state index is 10.1. The van der Waals surface area contributed by atoms with Crippen molar-refractivity contribution in [2.45, 2.75) is 82.9 Å². The third-order valence-electron chi connectivity index (χ3n) is 11.3. The first-order valence-electron chi connectivity index (χ1n) is 14.9. The van der Waals surface area contributed by atoms with E-state index in [0.717, 1.165) is 24.0 Å². The van der Waals surface area contributed by atoms with Crippen LogP contribution in [-0.2, 0) is 21.6 Å². The van der Waals surface area contributed by atoms with Gasteiger partial charge in [-0.15, -0.1) is 0 Å². The van der Waals surface area contributed by atoms with Gasteiger partial charge in [-0.05, 0) is 79.6 Å². The SMILES string of the molecule is CCC(CC)(c1ccc2c(c1)C(C)(C)c1ccccc1-2)c1ccc2c(c1)C(C)(C)c1cc3c(cc1-2)C3(C)B(O)O. The summed E-state index contributed by atoms with van der Waals surface area (Å²) in [6.07, 6.45) is 2.06. The summed E-state index contributed by atoms with van der Waals surface area (Å²) in [5, 5.41) is 19.5.